The van der Waals surface area contributed by atoms with Gasteiger partial charge in [0.05, 0.1) is 0 Å². The van der Waals surface area contributed by atoms with Crippen molar-refractivity contribution in [3.05, 3.63) is 35.1 Å². The summed E-state index contributed by atoms with van der Waals surface area (Å²) in [4.78, 5) is 4.66. The molecule has 0 saturated carbocycles. The van der Waals surface area contributed by atoms with E-state index in [1.54, 1.807) is 0 Å². The lowest BCUT2D eigenvalue weighted by molar-refractivity contribution is 0.275. The van der Waals surface area contributed by atoms with Crippen molar-refractivity contribution < 1.29 is 5.11 Å². The van der Waals surface area contributed by atoms with Gasteiger partial charge in [0.15, 0.2) is 0 Å². The first kappa shape index (κ1) is 21.9. The molecular weight excluding hydrogens is 284 g/mol. The van der Waals surface area contributed by atoms with Crippen molar-refractivity contribution >= 4 is 0 Å². The van der Waals surface area contributed by atoms with Crippen LogP contribution in [0.3, 0.4) is 0 Å². The van der Waals surface area contributed by atoms with Crippen molar-refractivity contribution in [3.63, 3.8) is 0 Å². The molecule has 0 fully saturated rings. The Morgan fingerprint density at radius 2 is 1.70 bits per heavy atom. The Hall–Kier alpha value is -1.06. The van der Waals surface area contributed by atoms with Crippen LogP contribution in [0.5, 0.6) is 0 Å². The Bertz CT molecular complexity index is 394. The lowest BCUT2D eigenvalue weighted by Gasteiger charge is -2.25. The Labute approximate surface area is 144 Å². The quantitative estimate of drug-likeness (QED) is 0.430. The molecular formula is C20H38N2O. The average Bonchev–Trinajstić information content (AvgIpc) is 2.50. The van der Waals surface area contributed by atoms with Gasteiger partial charge in [0, 0.05) is 31.9 Å². The van der Waals surface area contributed by atoms with Gasteiger partial charge in [-0.1, -0.05) is 30.2 Å². The summed E-state index contributed by atoms with van der Waals surface area (Å²) >= 11 is 0. The zero-order valence-corrected chi connectivity index (χ0v) is 16.2. The molecule has 3 nitrogen and oxygen atoms in total. The van der Waals surface area contributed by atoms with E-state index in [2.05, 4.69) is 69.8 Å². The van der Waals surface area contributed by atoms with Crippen LogP contribution < -0.4 is 0 Å². The SMILES string of the molecule is C\C=C(/C=C\C(C)=C(/C)CN(C)C)N(CCC)CCCCCO. The molecule has 23 heavy (non-hydrogen) atoms. The summed E-state index contributed by atoms with van der Waals surface area (Å²) in [5.74, 6) is 0. The highest BCUT2D eigenvalue weighted by Crippen LogP contribution is 2.13. The second-order valence-corrected chi connectivity index (χ2v) is 6.52. The van der Waals surface area contributed by atoms with Crippen LogP contribution in [0, 0.1) is 0 Å². The smallest absolute Gasteiger partial charge is 0.0431 e. The summed E-state index contributed by atoms with van der Waals surface area (Å²) in [6, 6.07) is 0. The number of likely N-dealkylation sites (N-methyl/N-ethyl adjacent to an activating group) is 1. The predicted octanol–water partition coefficient (Wildman–Crippen LogP) is 4.22. The van der Waals surface area contributed by atoms with Gasteiger partial charge < -0.3 is 14.9 Å². The second-order valence-electron chi connectivity index (χ2n) is 6.52. The third-order valence-electron chi connectivity index (χ3n) is 3.97. The topological polar surface area (TPSA) is 26.7 Å². The van der Waals surface area contributed by atoms with Crippen molar-refractivity contribution in [1.82, 2.24) is 9.80 Å². The zero-order chi connectivity index (χ0) is 17.7. The van der Waals surface area contributed by atoms with Crippen LogP contribution >= 0.6 is 0 Å². The Morgan fingerprint density at radius 3 is 2.22 bits per heavy atom. The van der Waals surface area contributed by atoms with Crippen molar-refractivity contribution in [3.8, 4) is 0 Å². The number of unbranched alkanes of at least 4 members (excludes halogenated alkanes) is 2. The third-order valence-corrected chi connectivity index (χ3v) is 3.97. The van der Waals surface area contributed by atoms with Crippen LogP contribution in [0.2, 0.25) is 0 Å². The van der Waals surface area contributed by atoms with Crippen molar-refractivity contribution in [1.29, 1.82) is 0 Å². The number of hydrogen-bond donors (Lipinski definition) is 1. The summed E-state index contributed by atoms with van der Waals surface area (Å²) in [5, 5.41) is 8.91. The van der Waals surface area contributed by atoms with Crippen LogP contribution in [0.15, 0.2) is 35.1 Å². The standard InChI is InChI=1S/C20H38N2O/c1-7-14-22(15-10-9-11-16-23)20(8-2)13-12-18(3)19(4)17-21(5)6/h8,12-13,23H,7,9-11,14-17H2,1-6H3/b13-12-,19-18+,20-8+. The summed E-state index contributed by atoms with van der Waals surface area (Å²) < 4.78 is 0. The lowest BCUT2D eigenvalue weighted by atomic mass is 10.1. The van der Waals surface area contributed by atoms with E-state index in [1.807, 2.05) is 0 Å². The molecule has 0 aromatic carbocycles. The molecule has 0 aliphatic heterocycles. The minimum absolute atomic E-state index is 0.305. The summed E-state index contributed by atoms with van der Waals surface area (Å²) in [6.07, 6.45) is 11.0. The normalized spacial score (nSPS) is 13.8. The average molecular weight is 323 g/mol. The van der Waals surface area contributed by atoms with E-state index in [1.165, 1.54) is 16.8 Å². The maximum absolute atomic E-state index is 8.91. The molecule has 0 saturated heterocycles. The maximum atomic E-state index is 8.91. The minimum atomic E-state index is 0.305. The van der Waals surface area contributed by atoms with Crippen LogP contribution in [-0.4, -0.2) is 55.2 Å². The zero-order valence-electron chi connectivity index (χ0n) is 16.2. The molecule has 0 aliphatic carbocycles. The van der Waals surface area contributed by atoms with E-state index in [-0.39, 0.29) is 0 Å². The van der Waals surface area contributed by atoms with E-state index in [9.17, 15) is 0 Å². The van der Waals surface area contributed by atoms with E-state index in [0.29, 0.717) is 6.61 Å². The number of aliphatic hydroxyl groups excluding tert-OH is 1. The maximum Gasteiger partial charge on any atom is 0.0431 e. The molecule has 134 valence electrons. The third kappa shape index (κ3) is 10.4. The van der Waals surface area contributed by atoms with Gasteiger partial charge in [0.25, 0.3) is 0 Å². The molecule has 0 rings (SSSR count). The fourth-order valence-corrected chi connectivity index (χ4v) is 2.57. The van der Waals surface area contributed by atoms with Gasteiger partial charge in [-0.15, -0.1) is 0 Å². The van der Waals surface area contributed by atoms with Crippen LogP contribution in [0.4, 0.5) is 0 Å². The number of rotatable bonds is 12. The summed E-state index contributed by atoms with van der Waals surface area (Å²) in [5.41, 5.74) is 4.05. The highest BCUT2D eigenvalue weighted by Gasteiger charge is 2.05. The number of hydrogen-bond acceptors (Lipinski definition) is 3. The molecule has 0 amide bonds. The molecule has 0 aliphatic rings. The predicted molar refractivity (Wildman–Crippen MR) is 103 cm³/mol. The fraction of sp³-hybridized carbons (Fsp3) is 0.700. The van der Waals surface area contributed by atoms with Crippen LogP contribution in [0.1, 0.15) is 53.4 Å². The van der Waals surface area contributed by atoms with Gasteiger partial charge in [-0.2, -0.15) is 0 Å². The van der Waals surface area contributed by atoms with Crippen molar-refractivity contribution in [2.24, 2.45) is 0 Å². The van der Waals surface area contributed by atoms with Gasteiger partial charge in [-0.05, 0) is 66.6 Å². The number of nitrogens with zero attached hydrogens (tertiary/aromatic N) is 2. The molecule has 0 aromatic rings. The van der Waals surface area contributed by atoms with E-state index in [0.717, 1.165) is 45.3 Å². The largest absolute Gasteiger partial charge is 0.396 e. The first-order chi connectivity index (χ1) is 11.0. The molecule has 0 bridgehead atoms. The van der Waals surface area contributed by atoms with Crippen molar-refractivity contribution in [2.45, 2.75) is 53.4 Å². The van der Waals surface area contributed by atoms with Gasteiger partial charge in [0.2, 0.25) is 0 Å². The first-order valence-corrected chi connectivity index (χ1v) is 8.97. The molecule has 1 N–H and O–H groups in total. The Kier molecular flexibility index (Phi) is 12.8. The van der Waals surface area contributed by atoms with E-state index >= 15 is 0 Å². The van der Waals surface area contributed by atoms with E-state index in [4.69, 9.17) is 5.11 Å². The first-order valence-electron chi connectivity index (χ1n) is 8.97. The second kappa shape index (κ2) is 13.4. The highest BCUT2D eigenvalue weighted by molar-refractivity contribution is 5.29. The van der Waals surface area contributed by atoms with Gasteiger partial charge in [0.1, 0.15) is 0 Å². The molecule has 0 unspecified atom stereocenters. The molecule has 0 radical (unpaired) electrons. The summed E-state index contributed by atoms with van der Waals surface area (Å²) in [7, 11) is 4.21. The van der Waals surface area contributed by atoms with Gasteiger partial charge >= 0.3 is 0 Å². The molecule has 0 spiro atoms. The number of allylic oxidation sites excluding steroid dienone is 4. The minimum Gasteiger partial charge on any atom is -0.396 e. The lowest BCUT2D eigenvalue weighted by Crippen LogP contribution is -2.24. The van der Waals surface area contributed by atoms with Gasteiger partial charge in [-0.25, -0.2) is 0 Å². The Morgan fingerprint density at radius 1 is 1.00 bits per heavy atom. The summed E-state index contributed by atoms with van der Waals surface area (Å²) in [6.45, 7) is 12.2. The monoisotopic (exact) mass is 322 g/mol. The highest BCUT2D eigenvalue weighted by atomic mass is 16.2. The van der Waals surface area contributed by atoms with Crippen molar-refractivity contribution in [2.75, 3.05) is 40.3 Å². The van der Waals surface area contributed by atoms with Gasteiger partial charge in [-0.3, -0.25) is 0 Å². The molecule has 0 aromatic heterocycles. The van der Waals surface area contributed by atoms with Crippen LogP contribution in [0.25, 0.3) is 0 Å². The van der Waals surface area contributed by atoms with Crippen LogP contribution in [-0.2, 0) is 0 Å². The molecule has 3 heteroatoms. The fourth-order valence-electron chi connectivity index (χ4n) is 2.57. The molecule has 0 atom stereocenters. The number of aliphatic hydroxyl groups is 1. The Balaban J connectivity index is 4.82. The molecule has 0 heterocycles. The van der Waals surface area contributed by atoms with E-state index < -0.39 is 0 Å².